The van der Waals surface area contributed by atoms with Crippen LogP contribution < -0.4 is 4.90 Å². The van der Waals surface area contributed by atoms with E-state index in [0.717, 1.165) is 0 Å². The zero-order valence-corrected chi connectivity index (χ0v) is 18.2. The van der Waals surface area contributed by atoms with E-state index in [1.807, 2.05) is 34.0 Å². The van der Waals surface area contributed by atoms with E-state index < -0.39 is 0 Å². The molecule has 3 aromatic heterocycles. The molecule has 0 aliphatic heterocycles. The summed E-state index contributed by atoms with van der Waals surface area (Å²) in [6.07, 6.45) is 0. The minimum Gasteiger partial charge on any atom is -0.306 e. The van der Waals surface area contributed by atoms with Crippen molar-refractivity contribution in [3.63, 3.8) is 0 Å². The maximum atomic E-state index is 2.46. The lowest BCUT2D eigenvalue weighted by molar-refractivity contribution is 1.36. The molecule has 0 bridgehead atoms. The number of aryl methyl sites for hydroxylation is 1. The van der Waals surface area contributed by atoms with E-state index >= 15 is 0 Å². The molecule has 0 spiro atoms. The van der Waals surface area contributed by atoms with Crippen LogP contribution in [0.15, 0.2) is 82.9 Å². The molecule has 29 heavy (non-hydrogen) atoms. The molecule has 6 rings (SSSR count). The quantitative estimate of drug-likeness (QED) is 0.272. The van der Waals surface area contributed by atoms with E-state index in [2.05, 4.69) is 94.7 Å². The molecule has 0 saturated heterocycles. The molecular formula is C25H17NS3. The van der Waals surface area contributed by atoms with Gasteiger partial charge in [-0.2, -0.15) is 0 Å². The number of thiophene rings is 3. The molecule has 0 N–H and O–H groups in total. The van der Waals surface area contributed by atoms with Crippen molar-refractivity contribution >= 4 is 81.3 Å². The van der Waals surface area contributed by atoms with Gasteiger partial charge in [-0.15, -0.1) is 34.0 Å². The summed E-state index contributed by atoms with van der Waals surface area (Å²) in [6.45, 7) is 2.16. The van der Waals surface area contributed by atoms with Crippen molar-refractivity contribution < 1.29 is 0 Å². The molecular weight excluding hydrogens is 410 g/mol. The normalized spacial score (nSPS) is 11.6. The van der Waals surface area contributed by atoms with Crippen LogP contribution in [-0.4, -0.2) is 0 Å². The third-order valence-electron chi connectivity index (χ3n) is 5.35. The predicted octanol–water partition coefficient (Wildman–Crippen LogP) is 9.11. The molecule has 3 aromatic carbocycles. The fourth-order valence-corrected chi connectivity index (χ4v) is 6.84. The Bertz CT molecular complexity index is 1410. The molecule has 4 heteroatoms. The molecule has 1 nitrogen and oxygen atoms in total. The predicted molar refractivity (Wildman–Crippen MR) is 132 cm³/mol. The Hall–Kier alpha value is -2.66. The van der Waals surface area contributed by atoms with Gasteiger partial charge in [-0.1, -0.05) is 48.5 Å². The van der Waals surface area contributed by atoms with Gasteiger partial charge in [-0.3, -0.25) is 0 Å². The number of hydrogen-bond acceptors (Lipinski definition) is 4. The second-order valence-corrected chi connectivity index (χ2v) is 9.92. The van der Waals surface area contributed by atoms with Crippen LogP contribution in [0.25, 0.3) is 30.3 Å². The monoisotopic (exact) mass is 427 g/mol. The smallest absolute Gasteiger partial charge is 0.0648 e. The van der Waals surface area contributed by atoms with Crippen LogP contribution in [0, 0.1) is 6.92 Å². The van der Waals surface area contributed by atoms with Crippen molar-refractivity contribution in [1.82, 2.24) is 0 Å². The highest BCUT2D eigenvalue weighted by Gasteiger charge is 2.22. The Labute approximate surface area is 181 Å². The van der Waals surface area contributed by atoms with Gasteiger partial charge in [0.05, 0.1) is 17.1 Å². The first-order valence-corrected chi connectivity index (χ1v) is 12.1. The summed E-state index contributed by atoms with van der Waals surface area (Å²) >= 11 is 5.46. The van der Waals surface area contributed by atoms with Crippen molar-refractivity contribution in [3.05, 3.63) is 88.4 Å². The van der Waals surface area contributed by atoms with Crippen molar-refractivity contribution in [2.75, 3.05) is 4.90 Å². The number of hydrogen-bond donors (Lipinski definition) is 0. The van der Waals surface area contributed by atoms with E-state index in [-0.39, 0.29) is 0 Å². The van der Waals surface area contributed by atoms with Crippen molar-refractivity contribution in [3.8, 4) is 0 Å². The molecule has 0 radical (unpaired) electrons. The number of anilines is 3. The highest BCUT2D eigenvalue weighted by molar-refractivity contribution is 7.19. The molecule has 0 amide bonds. The van der Waals surface area contributed by atoms with E-state index in [1.54, 1.807) is 0 Å². The third-order valence-corrected chi connectivity index (χ3v) is 8.19. The fourth-order valence-electron chi connectivity index (χ4n) is 3.96. The average Bonchev–Trinajstić information content (AvgIpc) is 3.47. The lowest BCUT2D eigenvalue weighted by atomic mass is 10.1. The van der Waals surface area contributed by atoms with Crippen molar-refractivity contribution in [1.29, 1.82) is 0 Å². The molecule has 140 valence electrons. The van der Waals surface area contributed by atoms with E-state index in [4.69, 9.17) is 0 Å². The standard InChI is InChI=1S/C25H17NS3/c1-16-10-11-19-22(15-29-25(19)12-16)26(20-13-27-23-8-4-2-6-17(20)23)21-14-28-24-9-5-3-7-18(21)24/h2-15H,1H3. The molecule has 3 heterocycles. The minimum atomic E-state index is 1.26. The Morgan fingerprint density at radius 1 is 0.552 bits per heavy atom. The van der Waals surface area contributed by atoms with E-state index in [1.165, 1.54) is 52.9 Å². The molecule has 0 aliphatic carbocycles. The van der Waals surface area contributed by atoms with Crippen LogP contribution in [-0.2, 0) is 0 Å². The summed E-state index contributed by atoms with van der Waals surface area (Å²) in [5.41, 5.74) is 5.08. The molecule has 0 atom stereocenters. The lowest BCUT2D eigenvalue weighted by Crippen LogP contribution is -2.08. The number of fused-ring (bicyclic) bond motifs is 3. The van der Waals surface area contributed by atoms with E-state index in [9.17, 15) is 0 Å². The SMILES string of the molecule is Cc1ccc2c(N(c3csc4ccccc34)c3csc4ccccc34)csc2c1. The van der Waals surface area contributed by atoms with Gasteiger partial charge >= 0.3 is 0 Å². The summed E-state index contributed by atoms with van der Waals surface area (Å²) < 4.78 is 3.98. The Balaban J connectivity index is 1.68. The molecule has 0 aliphatic rings. The summed E-state index contributed by atoms with van der Waals surface area (Å²) in [7, 11) is 0. The summed E-state index contributed by atoms with van der Waals surface area (Å²) in [4.78, 5) is 2.46. The molecule has 6 aromatic rings. The van der Waals surface area contributed by atoms with Gasteiger partial charge in [0.1, 0.15) is 0 Å². The summed E-state index contributed by atoms with van der Waals surface area (Å²) in [6, 6.07) is 24.2. The third kappa shape index (κ3) is 2.71. The number of benzene rings is 3. The van der Waals surface area contributed by atoms with Gasteiger partial charge in [0.2, 0.25) is 0 Å². The first-order valence-electron chi connectivity index (χ1n) is 9.50. The Morgan fingerprint density at radius 3 is 1.62 bits per heavy atom. The van der Waals surface area contributed by atoms with Crippen LogP contribution in [0.1, 0.15) is 5.56 Å². The second kappa shape index (κ2) is 6.70. The first-order chi connectivity index (χ1) is 14.3. The lowest BCUT2D eigenvalue weighted by Gasteiger charge is -2.23. The highest BCUT2D eigenvalue weighted by atomic mass is 32.1. The Morgan fingerprint density at radius 2 is 1.03 bits per heavy atom. The van der Waals surface area contributed by atoms with Gasteiger partial charge in [-0.25, -0.2) is 0 Å². The largest absolute Gasteiger partial charge is 0.306 e. The fraction of sp³-hybridized carbons (Fsp3) is 0.0400. The van der Waals surface area contributed by atoms with Gasteiger partial charge in [0, 0.05) is 46.4 Å². The van der Waals surface area contributed by atoms with Crippen LogP contribution in [0.4, 0.5) is 17.1 Å². The van der Waals surface area contributed by atoms with E-state index in [0.29, 0.717) is 0 Å². The maximum Gasteiger partial charge on any atom is 0.0648 e. The zero-order valence-electron chi connectivity index (χ0n) is 15.8. The molecule has 0 fully saturated rings. The topological polar surface area (TPSA) is 3.24 Å². The Kier molecular flexibility index (Phi) is 3.98. The van der Waals surface area contributed by atoms with Crippen LogP contribution >= 0.6 is 34.0 Å². The minimum absolute atomic E-state index is 1.26. The van der Waals surface area contributed by atoms with Crippen LogP contribution in [0.2, 0.25) is 0 Å². The van der Waals surface area contributed by atoms with Gasteiger partial charge in [0.25, 0.3) is 0 Å². The summed E-state index contributed by atoms with van der Waals surface area (Å²) in [5.74, 6) is 0. The maximum absolute atomic E-state index is 2.46. The first kappa shape index (κ1) is 17.2. The molecule has 0 unspecified atom stereocenters. The summed E-state index contributed by atoms with van der Waals surface area (Å²) in [5, 5.41) is 10.8. The highest BCUT2D eigenvalue weighted by Crippen LogP contribution is 2.49. The number of nitrogens with zero attached hydrogens (tertiary/aromatic N) is 1. The van der Waals surface area contributed by atoms with Gasteiger partial charge in [-0.05, 0) is 30.7 Å². The molecule has 0 saturated carbocycles. The zero-order chi connectivity index (χ0) is 19.4. The average molecular weight is 428 g/mol. The van der Waals surface area contributed by atoms with Crippen molar-refractivity contribution in [2.45, 2.75) is 6.92 Å². The van der Waals surface area contributed by atoms with Gasteiger partial charge in [0.15, 0.2) is 0 Å². The van der Waals surface area contributed by atoms with Crippen LogP contribution in [0.3, 0.4) is 0 Å². The van der Waals surface area contributed by atoms with Crippen molar-refractivity contribution in [2.24, 2.45) is 0 Å². The number of rotatable bonds is 3. The van der Waals surface area contributed by atoms with Crippen LogP contribution in [0.5, 0.6) is 0 Å². The van der Waals surface area contributed by atoms with Gasteiger partial charge < -0.3 is 4.90 Å². The second-order valence-electron chi connectivity index (χ2n) is 7.19.